The van der Waals surface area contributed by atoms with E-state index in [9.17, 15) is 13.2 Å². The number of aliphatic hydroxyl groups excluding tert-OH is 1. The molecule has 2 rings (SSSR count). The molecule has 8 nitrogen and oxygen atoms in total. The molecule has 19 heavy (non-hydrogen) atoms. The summed E-state index contributed by atoms with van der Waals surface area (Å²) in [4.78, 5) is 10.6. The number of aryl methyl sites for hydroxylation is 1. The predicted molar refractivity (Wildman–Crippen MR) is 64.2 cm³/mol. The Labute approximate surface area is 109 Å². The number of carbonyl (C=O) groups is 1. The van der Waals surface area contributed by atoms with E-state index in [4.69, 9.17) is 10.2 Å². The summed E-state index contributed by atoms with van der Waals surface area (Å²) in [5, 5.41) is 23.9. The molecule has 0 aromatic carbocycles. The lowest BCUT2D eigenvalue weighted by molar-refractivity contribution is 0.0453. The van der Waals surface area contributed by atoms with Crippen LogP contribution < -0.4 is 4.72 Å². The van der Waals surface area contributed by atoms with E-state index in [1.54, 1.807) is 0 Å². The van der Waals surface area contributed by atoms with Gasteiger partial charge in [-0.25, -0.2) is 17.9 Å². The minimum Gasteiger partial charge on any atom is -0.476 e. The summed E-state index contributed by atoms with van der Waals surface area (Å²) >= 11 is 0. The van der Waals surface area contributed by atoms with Crippen LogP contribution in [0.25, 0.3) is 0 Å². The summed E-state index contributed by atoms with van der Waals surface area (Å²) in [7, 11) is -3.92. The lowest BCUT2D eigenvalue weighted by Gasteiger charge is -2.31. The number of sulfonamides is 1. The second-order valence-electron chi connectivity index (χ2n) is 4.67. The number of hydrogen-bond donors (Lipinski definition) is 4. The van der Waals surface area contributed by atoms with Crippen LogP contribution in [0.5, 0.6) is 0 Å². The molecule has 0 saturated heterocycles. The first-order valence-corrected chi connectivity index (χ1v) is 7.25. The number of nitrogens with zero attached hydrogens (tertiary/aromatic N) is 1. The Hall–Kier alpha value is -1.45. The Morgan fingerprint density at radius 2 is 2.16 bits per heavy atom. The zero-order valence-corrected chi connectivity index (χ0v) is 11.1. The third-order valence-electron chi connectivity index (χ3n) is 3.14. The summed E-state index contributed by atoms with van der Waals surface area (Å²) in [6.07, 6.45) is 0.747. The van der Waals surface area contributed by atoms with Gasteiger partial charge in [0, 0.05) is 6.54 Å². The number of nitrogens with one attached hydrogen (secondary N) is 2. The van der Waals surface area contributed by atoms with Crippen LogP contribution >= 0.6 is 0 Å². The minimum absolute atomic E-state index is 0.0882. The van der Waals surface area contributed by atoms with E-state index in [1.165, 1.54) is 6.92 Å². The topological polar surface area (TPSA) is 132 Å². The lowest BCUT2D eigenvalue weighted by Crippen LogP contribution is -2.38. The quantitative estimate of drug-likeness (QED) is 0.576. The van der Waals surface area contributed by atoms with Gasteiger partial charge in [0.05, 0.1) is 11.8 Å². The molecule has 1 heterocycles. The molecule has 0 unspecified atom stereocenters. The molecular weight excluding hydrogens is 274 g/mol. The summed E-state index contributed by atoms with van der Waals surface area (Å²) < 4.78 is 26.5. The summed E-state index contributed by atoms with van der Waals surface area (Å²) in [5.41, 5.74) is -0.336. The number of carboxylic acid groups (broad SMARTS) is 1. The van der Waals surface area contributed by atoms with Gasteiger partial charge in [0.25, 0.3) is 0 Å². The van der Waals surface area contributed by atoms with Crippen LogP contribution in [-0.4, -0.2) is 47.4 Å². The van der Waals surface area contributed by atoms with Crippen molar-refractivity contribution in [1.29, 1.82) is 0 Å². The van der Waals surface area contributed by atoms with Crippen molar-refractivity contribution in [2.45, 2.75) is 30.8 Å². The summed E-state index contributed by atoms with van der Waals surface area (Å²) in [6, 6.07) is 0. The zero-order valence-electron chi connectivity index (χ0n) is 10.3. The maximum Gasteiger partial charge on any atom is 0.357 e. The normalized spacial score (nSPS) is 23.1. The molecule has 4 N–H and O–H groups in total. The Morgan fingerprint density at radius 1 is 1.53 bits per heavy atom. The first kappa shape index (κ1) is 14.0. The highest BCUT2D eigenvalue weighted by atomic mass is 32.2. The van der Waals surface area contributed by atoms with E-state index in [1.807, 2.05) is 0 Å². The Kier molecular flexibility index (Phi) is 3.61. The predicted octanol–water partition coefficient (Wildman–Crippen LogP) is -0.534. The average molecular weight is 289 g/mol. The molecule has 1 saturated carbocycles. The molecule has 1 aliphatic rings. The van der Waals surface area contributed by atoms with Crippen LogP contribution in [0.15, 0.2) is 4.90 Å². The van der Waals surface area contributed by atoms with Gasteiger partial charge in [-0.2, -0.15) is 5.10 Å². The first-order valence-electron chi connectivity index (χ1n) is 5.77. The summed E-state index contributed by atoms with van der Waals surface area (Å²) in [5.74, 6) is -1.31. The molecule has 0 spiro atoms. The second-order valence-corrected chi connectivity index (χ2v) is 6.38. The number of aromatic nitrogens is 2. The second kappa shape index (κ2) is 4.91. The summed E-state index contributed by atoms with van der Waals surface area (Å²) in [6.45, 7) is 1.63. The molecule has 1 aliphatic carbocycles. The van der Waals surface area contributed by atoms with Gasteiger partial charge in [0.1, 0.15) is 4.90 Å². The Balaban J connectivity index is 2.15. The SMILES string of the molecule is Cc1[nH]nc(C(=O)O)c1S(=O)(=O)NCC1CC(O)C1. The lowest BCUT2D eigenvalue weighted by atomic mass is 9.83. The fraction of sp³-hybridized carbons (Fsp3) is 0.600. The molecule has 0 amide bonds. The van der Waals surface area contributed by atoms with E-state index < -0.39 is 21.7 Å². The number of hydrogen-bond acceptors (Lipinski definition) is 5. The van der Waals surface area contributed by atoms with Gasteiger partial charge in [0.15, 0.2) is 5.69 Å². The van der Waals surface area contributed by atoms with Crippen LogP contribution in [0.1, 0.15) is 29.0 Å². The van der Waals surface area contributed by atoms with E-state index >= 15 is 0 Å². The number of aromatic carboxylic acids is 1. The molecule has 1 aromatic rings. The van der Waals surface area contributed by atoms with Crippen molar-refractivity contribution in [1.82, 2.24) is 14.9 Å². The van der Waals surface area contributed by atoms with E-state index in [0.29, 0.717) is 12.8 Å². The molecule has 0 bridgehead atoms. The maximum atomic E-state index is 12.1. The largest absolute Gasteiger partial charge is 0.476 e. The minimum atomic E-state index is -3.92. The van der Waals surface area contributed by atoms with Gasteiger partial charge in [-0.1, -0.05) is 0 Å². The van der Waals surface area contributed by atoms with Crippen molar-refractivity contribution >= 4 is 16.0 Å². The number of rotatable bonds is 5. The van der Waals surface area contributed by atoms with E-state index in [0.717, 1.165) is 0 Å². The fourth-order valence-corrected chi connectivity index (χ4v) is 3.50. The van der Waals surface area contributed by atoms with Crippen LogP contribution in [0.3, 0.4) is 0 Å². The molecule has 106 valence electrons. The number of carboxylic acids is 1. The Bertz CT molecular complexity index is 588. The zero-order chi connectivity index (χ0) is 14.2. The molecule has 0 radical (unpaired) electrons. The van der Waals surface area contributed by atoms with Gasteiger partial charge in [-0.15, -0.1) is 0 Å². The van der Waals surface area contributed by atoms with Gasteiger partial charge in [-0.05, 0) is 25.7 Å². The number of aliphatic hydroxyl groups is 1. The molecule has 9 heteroatoms. The van der Waals surface area contributed by atoms with Gasteiger partial charge >= 0.3 is 5.97 Å². The van der Waals surface area contributed by atoms with Crippen molar-refractivity contribution in [3.8, 4) is 0 Å². The van der Waals surface area contributed by atoms with Crippen LogP contribution in [0, 0.1) is 12.8 Å². The van der Waals surface area contributed by atoms with Gasteiger partial charge in [-0.3, -0.25) is 5.10 Å². The molecule has 0 aliphatic heterocycles. The van der Waals surface area contributed by atoms with Gasteiger partial charge in [0.2, 0.25) is 10.0 Å². The maximum absolute atomic E-state index is 12.1. The van der Waals surface area contributed by atoms with E-state index in [2.05, 4.69) is 14.9 Å². The first-order chi connectivity index (χ1) is 8.81. The highest BCUT2D eigenvalue weighted by Gasteiger charge is 2.31. The van der Waals surface area contributed by atoms with Crippen molar-refractivity contribution < 1.29 is 23.4 Å². The molecule has 1 fully saturated rings. The van der Waals surface area contributed by atoms with Gasteiger partial charge < -0.3 is 10.2 Å². The van der Waals surface area contributed by atoms with Crippen LogP contribution in [0.2, 0.25) is 0 Å². The average Bonchev–Trinajstić information content (AvgIpc) is 2.66. The highest BCUT2D eigenvalue weighted by molar-refractivity contribution is 7.89. The third-order valence-corrected chi connectivity index (χ3v) is 4.72. The fourth-order valence-electron chi connectivity index (χ4n) is 2.06. The molecule has 0 atom stereocenters. The number of aromatic amines is 1. The van der Waals surface area contributed by atoms with Crippen LogP contribution in [-0.2, 0) is 10.0 Å². The highest BCUT2D eigenvalue weighted by Crippen LogP contribution is 2.27. The monoisotopic (exact) mass is 289 g/mol. The van der Waals surface area contributed by atoms with E-state index in [-0.39, 0.29) is 29.2 Å². The standard InChI is InChI=1S/C10H15N3O5S/c1-5-9(8(10(15)16)13-12-5)19(17,18)11-4-6-2-7(14)3-6/h6-7,11,14H,2-4H2,1H3,(H,12,13)(H,15,16). The van der Waals surface area contributed by atoms with Crippen LogP contribution in [0.4, 0.5) is 0 Å². The third kappa shape index (κ3) is 2.77. The molecular formula is C10H15N3O5S. The number of H-pyrrole nitrogens is 1. The van der Waals surface area contributed by atoms with Crippen molar-refractivity contribution in [3.63, 3.8) is 0 Å². The van der Waals surface area contributed by atoms with Crippen molar-refractivity contribution in [2.75, 3.05) is 6.54 Å². The smallest absolute Gasteiger partial charge is 0.357 e. The Morgan fingerprint density at radius 3 is 2.68 bits per heavy atom. The van der Waals surface area contributed by atoms with Crippen molar-refractivity contribution in [2.24, 2.45) is 5.92 Å². The van der Waals surface area contributed by atoms with Crippen molar-refractivity contribution in [3.05, 3.63) is 11.4 Å². The molecule has 1 aromatic heterocycles.